The number of ether oxygens (including phenoxy) is 2. The van der Waals surface area contributed by atoms with E-state index in [1.165, 1.54) is 0 Å². The second kappa shape index (κ2) is 5.57. The minimum absolute atomic E-state index is 0.115. The molecule has 1 aliphatic rings. The van der Waals surface area contributed by atoms with Gasteiger partial charge in [-0.05, 0) is 5.92 Å². The van der Waals surface area contributed by atoms with Crippen LogP contribution in [0.5, 0.6) is 0 Å². The van der Waals surface area contributed by atoms with E-state index >= 15 is 0 Å². The molecule has 1 atom stereocenters. The van der Waals surface area contributed by atoms with Crippen molar-refractivity contribution >= 4 is 0 Å². The predicted molar refractivity (Wildman–Crippen MR) is 62.3 cm³/mol. The van der Waals surface area contributed by atoms with Gasteiger partial charge in [-0.3, -0.25) is 0 Å². The number of nitrogens with two attached hydrogens (primary N) is 1. The first kappa shape index (κ1) is 12.5. The molecule has 0 bridgehead atoms. The Balaban J connectivity index is 2.22. The summed E-state index contributed by atoms with van der Waals surface area (Å²) in [5, 5.41) is 8.31. The van der Waals surface area contributed by atoms with Crippen LogP contribution in [0.15, 0.2) is 0 Å². The Kier molecular flexibility index (Phi) is 4.09. The topological polar surface area (TPSA) is 75.2 Å². The fourth-order valence-corrected chi connectivity index (χ4v) is 1.94. The van der Waals surface area contributed by atoms with Crippen molar-refractivity contribution in [3.63, 3.8) is 0 Å². The van der Waals surface area contributed by atoms with Crippen LogP contribution >= 0.6 is 0 Å². The molecule has 1 aromatic heterocycles. The quantitative estimate of drug-likeness (QED) is 0.828. The van der Waals surface area contributed by atoms with E-state index in [2.05, 4.69) is 28.6 Å². The molecule has 96 valence electrons. The predicted octanol–water partition coefficient (Wildman–Crippen LogP) is 0.481. The lowest BCUT2D eigenvalue weighted by Gasteiger charge is -2.23. The molecule has 6 nitrogen and oxygen atoms in total. The summed E-state index contributed by atoms with van der Waals surface area (Å²) in [6.07, 6.45) is -0.115. The number of aromatic nitrogens is 3. The average Bonchev–Trinajstić information content (AvgIpc) is 2.72. The van der Waals surface area contributed by atoms with E-state index in [-0.39, 0.29) is 6.10 Å². The molecule has 2 N–H and O–H groups in total. The summed E-state index contributed by atoms with van der Waals surface area (Å²) >= 11 is 0. The molecule has 6 heteroatoms. The first-order valence-electron chi connectivity index (χ1n) is 6.03. The van der Waals surface area contributed by atoms with Gasteiger partial charge in [-0.1, -0.05) is 13.8 Å². The molecule has 2 heterocycles. The highest BCUT2D eigenvalue weighted by atomic mass is 16.6. The van der Waals surface area contributed by atoms with Gasteiger partial charge in [0.1, 0.15) is 11.9 Å². The monoisotopic (exact) mass is 240 g/mol. The fourth-order valence-electron chi connectivity index (χ4n) is 1.94. The number of nitrogens with zero attached hydrogens (tertiary/aromatic N) is 3. The van der Waals surface area contributed by atoms with Gasteiger partial charge < -0.3 is 19.8 Å². The van der Waals surface area contributed by atoms with Gasteiger partial charge in [0.15, 0.2) is 5.82 Å². The maximum atomic E-state index is 5.67. The molecule has 1 fully saturated rings. The Hall–Kier alpha value is -0.980. The zero-order valence-corrected chi connectivity index (χ0v) is 10.4. The molecule has 2 rings (SSSR count). The second-order valence-corrected chi connectivity index (χ2v) is 4.62. The molecule has 0 spiro atoms. The van der Waals surface area contributed by atoms with E-state index in [0.29, 0.717) is 32.3 Å². The molecule has 17 heavy (non-hydrogen) atoms. The third-order valence-corrected chi connectivity index (χ3v) is 2.69. The molecular weight excluding hydrogens is 220 g/mol. The highest BCUT2D eigenvalue weighted by molar-refractivity contribution is 5.00. The van der Waals surface area contributed by atoms with Crippen LogP contribution < -0.4 is 5.73 Å². The smallest absolute Gasteiger partial charge is 0.164 e. The van der Waals surface area contributed by atoms with Crippen molar-refractivity contribution in [1.82, 2.24) is 14.8 Å². The Labute approximate surface area is 101 Å². The zero-order valence-electron chi connectivity index (χ0n) is 10.4. The third kappa shape index (κ3) is 2.83. The highest BCUT2D eigenvalue weighted by Crippen LogP contribution is 2.20. The highest BCUT2D eigenvalue weighted by Gasteiger charge is 2.24. The molecule has 0 amide bonds. The van der Waals surface area contributed by atoms with E-state index in [4.69, 9.17) is 15.2 Å². The Morgan fingerprint density at radius 3 is 2.82 bits per heavy atom. The van der Waals surface area contributed by atoms with Gasteiger partial charge in [0, 0.05) is 6.54 Å². The summed E-state index contributed by atoms with van der Waals surface area (Å²) in [6.45, 7) is 7.36. The summed E-state index contributed by atoms with van der Waals surface area (Å²) in [6, 6.07) is 0. The largest absolute Gasteiger partial charge is 0.376 e. The van der Waals surface area contributed by atoms with Crippen LogP contribution in [0.1, 0.15) is 31.6 Å². The molecule has 1 unspecified atom stereocenters. The van der Waals surface area contributed by atoms with Crippen LogP contribution in [0, 0.1) is 5.92 Å². The van der Waals surface area contributed by atoms with Crippen molar-refractivity contribution in [2.45, 2.75) is 33.0 Å². The lowest BCUT2D eigenvalue weighted by Crippen LogP contribution is -2.26. The van der Waals surface area contributed by atoms with E-state index in [1.807, 2.05) is 0 Å². The first-order valence-corrected chi connectivity index (χ1v) is 6.03. The van der Waals surface area contributed by atoms with Crippen molar-refractivity contribution in [1.29, 1.82) is 0 Å². The Morgan fingerprint density at radius 2 is 2.24 bits per heavy atom. The number of rotatable bonds is 4. The summed E-state index contributed by atoms with van der Waals surface area (Å²) in [5.74, 6) is 2.15. The van der Waals surface area contributed by atoms with Crippen LogP contribution in [0.4, 0.5) is 0 Å². The average molecular weight is 240 g/mol. The minimum atomic E-state index is -0.115. The van der Waals surface area contributed by atoms with Crippen molar-refractivity contribution in [2.24, 2.45) is 11.7 Å². The van der Waals surface area contributed by atoms with Crippen molar-refractivity contribution in [3.8, 4) is 0 Å². The van der Waals surface area contributed by atoms with E-state index in [1.54, 1.807) is 0 Å². The van der Waals surface area contributed by atoms with Crippen LogP contribution in [-0.2, 0) is 22.6 Å². The summed E-state index contributed by atoms with van der Waals surface area (Å²) in [4.78, 5) is 0. The van der Waals surface area contributed by atoms with Gasteiger partial charge in [0.05, 0.1) is 26.4 Å². The summed E-state index contributed by atoms with van der Waals surface area (Å²) < 4.78 is 13.1. The van der Waals surface area contributed by atoms with Crippen molar-refractivity contribution in [2.75, 3.05) is 19.8 Å². The van der Waals surface area contributed by atoms with Gasteiger partial charge in [0.2, 0.25) is 0 Å². The molecule has 0 radical (unpaired) electrons. The van der Waals surface area contributed by atoms with Crippen molar-refractivity contribution in [3.05, 3.63) is 11.6 Å². The molecule has 1 aromatic rings. The Bertz CT molecular complexity index is 358. The molecule has 0 saturated carbocycles. The molecule has 1 saturated heterocycles. The van der Waals surface area contributed by atoms with Crippen LogP contribution in [0.2, 0.25) is 0 Å². The molecule has 1 aliphatic heterocycles. The van der Waals surface area contributed by atoms with E-state index in [9.17, 15) is 0 Å². The maximum Gasteiger partial charge on any atom is 0.164 e. The second-order valence-electron chi connectivity index (χ2n) is 4.62. The van der Waals surface area contributed by atoms with Gasteiger partial charge in [0.25, 0.3) is 0 Å². The van der Waals surface area contributed by atoms with Crippen LogP contribution in [0.25, 0.3) is 0 Å². The summed E-state index contributed by atoms with van der Waals surface area (Å²) in [7, 11) is 0. The molecular formula is C11H20N4O2. The zero-order chi connectivity index (χ0) is 12.3. The van der Waals surface area contributed by atoms with Gasteiger partial charge in [-0.2, -0.15) is 0 Å². The Morgan fingerprint density at radius 1 is 1.41 bits per heavy atom. The standard InChI is InChI=1S/C11H20N4O2/c1-8(2)6-15-10(5-12)13-14-11(15)9-7-16-3-4-17-9/h8-9H,3-7,12H2,1-2H3. The van der Waals surface area contributed by atoms with Gasteiger partial charge in [-0.25, -0.2) is 0 Å². The number of hydrogen-bond donors (Lipinski definition) is 1. The van der Waals surface area contributed by atoms with E-state index in [0.717, 1.165) is 18.2 Å². The van der Waals surface area contributed by atoms with Crippen LogP contribution in [0.3, 0.4) is 0 Å². The van der Waals surface area contributed by atoms with Gasteiger partial charge >= 0.3 is 0 Å². The number of hydrogen-bond acceptors (Lipinski definition) is 5. The third-order valence-electron chi connectivity index (χ3n) is 2.69. The SMILES string of the molecule is CC(C)Cn1c(CN)nnc1C1COCCO1. The first-order chi connectivity index (χ1) is 8.22. The maximum absolute atomic E-state index is 5.67. The molecule has 0 aromatic carbocycles. The molecule has 0 aliphatic carbocycles. The normalized spacial score (nSPS) is 21.1. The van der Waals surface area contributed by atoms with Crippen molar-refractivity contribution < 1.29 is 9.47 Å². The van der Waals surface area contributed by atoms with E-state index < -0.39 is 0 Å². The minimum Gasteiger partial charge on any atom is -0.376 e. The lowest BCUT2D eigenvalue weighted by atomic mass is 10.2. The summed E-state index contributed by atoms with van der Waals surface area (Å²) in [5.41, 5.74) is 5.67. The fraction of sp³-hybridized carbons (Fsp3) is 0.818. The lowest BCUT2D eigenvalue weighted by molar-refractivity contribution is -0.0949. The van der Waals surface area contributed by atoms with Gasteiger partial charge in [-0.15, -0.1) is 10.2 Å². The van der Waals surface area contributed by atoms with Crippen LogP contribution in [-0.4, -0.2) is 34.6 Å².